The third-order valence-corrected chi connectivity index (χ3v) is 4.59. The van der Waals surface area contributed by atoms with Crippen LogP contribution in [-0.4, -0.2) is 25.5 Å². The van der Waals surface area contributed by atoms with E-state index >= 15 is 0 Å². The lowest BCUT2D eigenvalue weighted by Crippen LogP contribution is -2.41. The molecule has 0 fully saturated rings. The molecule has 0 heterocycles. The number of hydrogen-bond acceptors (Lipinski definition) is 3. The molecule has 7 heteroatoms. The minimum Gasteiger partial charge on any atom is -0.480 e. The summed E-state index contributed by atoms with van der Waals surface area (Å²) in [7, 11) is -3.92. The first-order chi connectivity index (χ1) is 9.13. The maximum atomic E-state index is 12.3. The predicted octanol–water partition coefficient (Wildman–Crippen LogP) is 2.43. The molecule has 1 rings (SSSR count). The Morgan fingerprint density at radius 2 is 2.00 bits per heavy atom. The van der Waals surface area contributed by atoms with E-state index in [0.717, 1.165) is 0 Å². The number of carbonyl (C=O) groups is 1. The van der Waals surface area contributed by atoms with Gasteiger partial charge in [0.25, 0.3) is 0 Å². The molecule has 0 amide bonds. The predicted molar refractivity (Wildman–Crippen MR) is 77.4 cm³/mol. The number of carboxylic acid groups (broad SMARTS) is 1. The summed E-state index contributed by atoms with van der Waals surface area (Å²) in [5.74, 6) is -1.14. The van der Waals surface area contributed by atoms with Gasteiger partial charge in [-0.1, -0.05) is 31.5 Å². The van der Waals surface area contributed by atoms with Crippen molar-refractivity contribution in [3.05, 3.63) is 28.8 Å². The fourth-order valence-corrected chi connectivity index (χ4v) is 3.49. The first-order valence-electron chi connectivity index (χ1n) is 6.14. The van der Waals surface area contributed by atoms with Gasteiger partial charge >= 0.3 is 5.97 Å². The van der Waals surface area contributed by atoms with Gasteiger partial charge in [0.05, 0.1) is 4.90 Å². The van der Waals surface area contributed by atoms with E-state index in [0.29, 0.717) is 5.56 Å². The van der Waals surface area contributed by atoms with E-state index in [9.17, 15) is 13.2 Å². The highest BCUT2D eigenvalue weighted by Gasteiger charge is 2.27. The Hall–Kier alpha value is -1.11. The van der Waals surface area contributed by atoms with E-state index in [1.54, 1.807) is 19.1 Å². The molecule has 2 N–H and O–H groups in total. The highest BCUT2D eigenvalue weighted by Crippen LogP contribution is 2.21. The fourth-order valence-electron chi connectivity index (χ4n) is 1.78. The van der Waals surface area contributed by atoms with Gasteiger partial charge in [0, 0.05) is 5.02 Å². The van der Waals surface area contributed by atoms with Crippen LogP contribution < -0.4 is 4.72 Å². The molecule has 1 aromatic rings. The van der Waals surface area contributed by atoms with Gasteiger partial charge in [0.2, 0.25) is 10.0 Å². The molecule has 0 radical (unpaired) electrons. The number of carboxylic acids is 1. The number of rotatable bonds is 6. The van der Waals surface area contributed by atoms with Crippen molar-refractivity contribution >= 4 is 27.6 Å². The van der Waals surface area contributed by atoms with Crippen LogP contribution in [0.1, 0.15) is 25.8 Å². The second-order valence-electron chi connectivity index (χ2n) is 5.05. The molecule has 5 nitrogen and oxygen atoms in total. The van der Waals surface area contributed by atoms with Crippen LogP contribution in [0.25, 0.3) is 0 Å². The van der Waals surface area contributed by atoms with E-state index in [-0.39, 0.29) is 22.3 Å². The van der Waals surface area contributed by atoms with Crippen LogP contribution >= 0.6 is 11.6 Å². The molecule has 0 aromatic heterocycles. The zero-order valence-corrected chi connectivity index (χ0v) is 13.1. The first kappa shape index (κ1) is 16.9. The average Bonchev–Trinajstić information content (AvgIpc) is 2.30. The summed E-state index contributed by atoms with van der Waals surface area (Å²) >= 11 is 5.80. The summed E-state index contributed by atoms with van der Waals surface area (Å²) in [5, 5.41) is 9.39. The molecular weight excluding hydrogens is 302 g/mol. The van der Waals surface area contributed by atoms with E-state index in [2.05, 4.69) is 4.72 Å². The monoisotopic (exact) mass is 319 g/mol. The van der Waals surface area contributed by atoms with Crippen molar-refractivity contribution in [2.45, 2.75) is 38.1 Å². The normalized spacial score (nSPS) is 13.4. The fraction of sp³-hybridized carbons (Fsp3) is 0.462. The van der Waals surface area contributed by atoms with Crippen molar-refractivity contribution in [3.8, 4) is 0 Å². The third kappa shape index (κ3) is 4.47. The quantitative estimate of drug-likeness (QED) is 0.843. The van der Waals surface area contributed by atoms with Crippen LogP contribution in [0.3, 0.4) is 0 Å². The Balaban J connectivity index is 3.09. The average molecular weight is 320 g/mol. The largest absolute Gasteiger partial charge is 0.480 e. The second-order valence-corrected chi connectivity index (χ2v) is 7.17. The molecule has 0 unspecified atom stereocenters. The van der Waals surface area contributed by atoms with Crippen LogP contribution in [0.15, 0.2) is 23.1 Å². The minimum absolute atomic E-state index is 0.00000567. The number of aryl methyl sites for hydroxylation is 1. The van der Waals surface area contributed by atoms with E-state index in [1.165, 1.54) is 6.07 Å². The number of benzene rings is 1. The van der Waals surface area contributed by atoms with Crippen LogP contribution in [0, 0.1) is 12.8 Å². The van der Waals surface area contributed by atoms with Gasteiger partial charge in [-0.3, -0.25) is 4.79 Å². The topological polar surface area (TPSA) is 83.5 Å². The molecule has 112 valence electrons. The van der Waals surface area contributed by atoms with Crippen LogP contribution in [0.4, 0.5) is 0 Å². The molecule has 1 atom stereocenters. The summed E-state index contributed by atoms with van der Waals surface area (Å²) in [6.07, 6.45) is 0.216. The van der Waals surface area contributed by atoms with E-state index in [1.807, 2.05) is 13.8 Å². The smallest absolute Gasteiger partial charge is 0.321 e. The van der Waals surface area contributed by atoms with Crippen molar-refractivity contribution in [1.82, 2.24) is 4.72 Å². The SMILES string of the molecule is Cc1ccc(Cl)cc1S(=O)(=O)N[C@@H](CC(C)C)C(=O)O. The van der Waals surface area contributed by atoms with Crippen molar-refractivity contribution in [3.63, 3.8) is 0 Å². The van der Waals surface area contributed by atoms with Crippen molar-refractivity contribution in [2.24, 2.45) is 5.92 Å². The summed E-state index contributed by atoms with van der Waals surface area (Å²) in [4.78, 5) is 11.1. The van der Waals surface area contributed by atoms with Crippen molar-refractivity contribution in [1.29, 1.82) is 0 Å². The Morgan fingerprint density at radius 1 is 1.40 bits per heavy atom. The van der Waals surface area contributed by atoms with Gasteiger partial charge in [-0.15, -0.1) is 0 Å². The Morgan fingerprint density at radius 3 is 2.50 bits per heavy atom. The van der Waals surface area contributed by atoms with Crippen molar-refractivity contribution in [2.75, 3.05) is 0 Å². The van der Waals surface area contributed by atoms with Gasteiger partial charge in [0.1, 0.15) is 6.04 Å². The highest BCUT2D eigenvalue weighted by atomic mass is 35.5. The molecule has 0 aliphatic carbocycles. The lowest BCUT2D eigenvalue weighted by atomic mass is 10.1. The summed E-state index contributed by atoms with van der Waals surface area (Å²) in [6, 6.07) is 3.32. The zero-order chi connectivity index (χ0) is 15.5. The standard InChI is InChI=1S/C13H18ClNO4S/c1-8(2)6-11(13(16)17)15-20(18,19)12-7-10(14)5-4-9(12)3/h4-5,7-8,11,15H,6H2,1-3H3,(H,16,17)/t11-/m0/s1. The highest BCUT2D eigenvalue weighted by molar-refractivity contribution is 7.89. The number of halogens is 1. The first-order valence-corrected chi connectivity index (χ1v) is 8.01. The number of hydrogen-bond donors (Lipinski definition) is 2. The molecular formula is C13H18ClNO4S. The molecule has 0 saturated carbocycles. The minimum atomic E-state index is -3.92. The van der Waals surface area contributed by atoms with E-state index < -0.39 is 22.0 Å². The number of sulfonamides is 1. The van der Waals surface area contributed by atoms with Crippen molar-refractivity contribution < 1.29 is 18.3 Å². The van der Waals surface area contributed by atoms with Crippen LogP contribution in [0.5, 0.6) is 0 Å². The molecule has 0 bridgehead atoms. The zero-order valence-electron chi connectivity index (χ0n) is 11.6. The maximum Gasteiger partial charge on any atom is 0.321 e. The maximum absolute atomic E-state index is 12.3. The van der Waals surface area contributed by atoms with Crippen LogP contribution in [0.2, 0.25) is 5.02 Å². The van der Waals surface area contributed by atoms with Crippen LogP contribution in [-0.2, 0) is 14.8 Å². The lowest BCUT2D eigenvalue weighted by molar-refractivity contribution is -0.139. The van der Waals surface area contributed by atoms with Gasteiger partial charge in [-0.05, 0) is 37.0 Å². The number of nitrogens with one attached hydrogen (secondary N) is 1. The third-order valence-electron chi connectivity index (χ3n) is 2.74. The molecule has 0 aliphatic heterocycles. The Labute approximate surface area is 124 Å². The number of aliphatic carboxylic acids is 1. The summed E-state index contributed by atoms with van der Waals surface area (Å²) in [5.41, 5.74) is 0.510. The van der Waals surface area contributed by atoms with Gasteiger partial charge in [0.15, 0.2) is 0 Å². The molecule has 20 heavy (non-hydrogen) atoms. The Kier molecular flexibility index (Phi) is 5.56. The molecule has 0 saturated heterocycles. The van der Waals surface area contributed by atoms with Gasteiger partial charge in [-0.25, -0.2) is 8.42 Å². The lowest BCUT2D eigenvalue weighted by Gasteiger charge is -2.17. The Bertz CT molecular complexity index is 598. The molecule has 0 aliphatic rings. The summed E-state index contributed by atoms with van der Waals surface area (Å²) < 4.78 is 26.8. The van der Waals surface area contributed by atoms with Gasteiger partial charge in [-0.2, -0.15) is 4.72 Å². The molecule has 1 aromatic carbocycles. The van der Waals surface area contributed by atoms with Gasteiger partial charge < -0.3 is 5.11 Å². The molecule has 0 spiro atoms. The van der Waals surface area contributed by atoms with E-state index in [4.69, 9.17) is 16.7 Å². The summed E-state index contributed by atoms with van der Waals surface area (Å²) in [6.45, 7) is 5.28. The second kappa shape index (κ2) is 6.56.